The molecule has 4 heteroatoms. The van der Waals surface area contributed by atoms with E-state index in [4.69, 9.17) is 4.74 Å². The topological polar surface area (TPSA) is 24.5 Å². The number of benzene rings is 1. The zero-order valence-electron chi connectivity index (χ0n) is 10.2. The van der Waals surface area contributed by atoms with Crippen molar-refractivity contribution in [2.75, 3.05) is 44.7 Å². The van der Waals surface area contributed by atoms with Crippen LogP contribution in [0, 0.1) is 6.92 Å². The number of nitrogens with zero attached hydrogens (tertiary/aromatic N) is 1. The summed E-state index contributed by atoms with van der Waals surface area (Å²) in [4.78, 5) is 2.43. The second kappa shape index (κ2) is 6.38. The van der Waals surface area contributed by atoms with Crippen LogP contribution in [0.25, 0.3) is 0 Å². The molecule has 0 spiro atoms. The Hall–Kier alpha value is -0.580. The predicted molar refractivity (Wildman–Crippen MR) is 74.6 cm³/mol. The van der Waals surface area contributed by atoms with Crippen molar-refractivity contribution in [3.05, 3.63) is 28.2 Å². The average Bonchev–Trinajstić information content (AvgIpc) is 2.33. The van der Waals surface area contributed by atoms with Gasteiger partial charge in [-0.2, -0.15) is 0 Å². The molecule has 1 aliphatic rings. The third-order valence-electron chi connectivity index (χ3n) is 2.97. The molecule has 1 N–H and O–H groups in total. The summed E-state index contributed by atoms with van der Waals surface area (Å²) in [6, 6.07) is 6.39. The van der Waals surface area contributed by atoms with E-state index in [2.05, 4.69) is 51.3 Å². The van der Waals surface area contributed by atoms with E-state index < -0.39 is 0 Å². The van der Waals surface area contributed by atoms with Gasteiger partial charge in [0, 0.05) is 36.3 Å². The molecule has 94 valence electrons. The van der Waals surface area contributed by atoms with Crippen molar-refractivity contribution >= 4 is 21.6 Å². The molecule has 0 amide bonds. The Balaban J connectivity index is 1.77. The fourth-order valence-electron chi connectivity index (χ4n) is 1.94. The smallest absolute Gasteiger partial charge is 0.0594 e. The number of ether oxygens (including phenoxy) is 1. The SMILES string of the molecule is Cc1ccc(NCCN2CCOCC2)c(Br)c1. The van der Waals surface area contributed by atoms with E-state index in [1.54, 1.807) is 0 Å². The lowest BCUT2D eigenvalue weighted by atomic mass is 10.2. The molecule has 17 heavy (non-hydrogen) atoms. The molecule has 0 saturated carbocycles. The number of morpholine rings is 1. The molecule has 0 aromatic heterocycles. The minimum atomic E-state index is 0.869. The third kappa shape index (κ3) is 3.98. The monoisotopic (exact) mass is 298 g/mol. The van der Waals surface area contributed by atoms with Crippen molar-refractivity contribution < 1.29 is 4.74 Å². The Kier molecular flexibility index (Phi) is 4.83. The van der Waals surface area contributed by atoms with Gasteiger partial charge in [-0.1, -0.05) is 6.07 Å². The largest absolute Gasteiger partial charge is 0.383 e. The van der Waals surface area contributed by atoms with Gasteiger partial charge in [-0.15, -0.1) is 0 Å². The van der Waals surface area contributed by atoms with Gasteiger partial charge < -0.3 is 10.1 Å². The number of hydrogen-bond acceptors (Lipinski definition) is 3. The Bertz CT molecular complexity index is 364. The first-order valence-electron chi connectivity index (χ1n) is 6.06. The van der Waals surface area contributed by atoms with Gasteiger partial charge in [0.25, 0.3) is 0 Å². The summed E-state index contributed by atoms with van der Waals surface area (Å²) in [5.41, 5.74) is 2.44. The van der Waals surface area contributed by atoms with Gasteiger partial charge in [0.2, 0.25) is 0 Å². The number of aryl methyl sites for hydroxylation is 1. The molecule has 0 radical (unpaired) electrons. The Morgan fingerprint density at radius 3 is 2.82 bits per heavy atom. The quantitative estimate of drug-likeness (QED) is 0.924. The van der Waals surface area contributed by atoms with Gasteiger partial charge in [-0.25, -0.2) is 0 Å². The Morgan fingerprint density at radius 2 is 2.12 bits per heavy atom. The van der Waals surface area contributed by atoms with Crippen molar-refractivity contribution in [1.29, 1.82) is 0 Å². The zero-order valence-corrected chi connectivity index (χ0v) is 11.8. The van der Waals surface area contributed by atoms with E-state index in [0.717, 1.165) is 43.9 Å². The standard InChI is InChI=1S/C13H19BrN2O/c1-11-2-3-13(12(14)10-11)15-4-5-16-6-8-17-9-7-16/h2-3,10,15H,4-9H2,1H3. The van der Waals surface area contributed by atoms with Crippen LogP contribution in [0.2, 0.25) is 0 Å². The molecular weight excluding hydrogens is 280 g/mol. The van der Waals surface area contributed by atoms with E-state index >= 15 is 0 Å². The highest BCUT2D eigenvalue weighted by Crippen LogP contribution is 2.22. The fourth-order valence-corrected chi connectivity index (χ4v) is 2.57. The van der Waals surface area contributed by atoms with Crippen molar-refractivity contribution in [2.45, 2.75) is 6.92 Å². The lowest BCUT2D eigenvalue weighted by Gasteiger charge is -2.26. The van der Waals surface area contributed by atoms with Gasteiger partial charge in [-0.05, 0) is 40.5 Å². The maximum atomic E-state index is 5.33. The normalized spacial score (nSPS) is 17.1. The predicted octanol–water partition coefficient (Wildman–Crippen LogP) is 2.50. The summed E-state index contributed by atoms with van der Waals surface area (Å²) in [5, 5.41) is 3.46. The minimum Gasteiger partial charge on any atom is -0.383 e. The molecule has 2 rings (SSSR count). The highest BCUT2D eigenvalue weighted by atomic mass is 79.9. The lowest BCUT2D eigenvalue weighted by Crippen LogP contribution is -2.39. The fraction of sp³-hybridized carbons (Fsp3) is 0.538. The Morgan fingerprint density at radius 1 is 1.35 bits per heavy atom. The van der Waals surface area contributed by atoms with Crippen molar-refractivity contribution in [2.24, 2.45) is 0 Å². The van der Waals surface area contributed by atoms with Crippen LogP contribution in [0.1, 0.15) is 5.56 Å². The molecule has 1 saturated heterocycles. The van der Waals surface area contributed by atoms with Crippen molar-refractivity contribution in [3.8, 4) is 0 Å². The number of rotatable bonds is 4. The van der Waals surface area contributed by atoms with Gasteiger partial charge in [0.05, 0.1) is 13.2 Å². The first-order valence-corrected chi connectivity index (χ1v) is 6.85. The number of halogens is 1. The second-order valence-electron chi connectivity index (χ2n) is 4.36. The van der Waals surface area contributed by atoms with Crippen LogP contribution in [0.3, 0.4) is 0 Å². The molecule has 0 unspecified atom stereocenters. The maximum absolute atomic E-state index is 5.33. The molecule has 1 fully saturated rings. The highest BCUT2D eigenvalue weighted by Gasteiger charge is 2.09. The van der Waals surface area contributed by atoms with E-state index in [9.17, 15) is 0 Å². The van der Waals surface area contributed by atoms with E-state index in [0.29, 0.717) is 0 Å². The first-order chi connectivity index (χ1) is 8.25. The maximum Gasteiger partial charge on any atom is 0.0594 e. The Labute approximate surface area is 111 Å². The van der Waals surface area contributed by atoms with Gasteiger partial charge in [0.1, 0.15) is 0 Å². The second-order valence-corrected chi connectivity index (χ2v) is 5.22. The highest BCUT2D eigenvalue weighted by molar-refractivity contribution is 9.10. The molecule has 1 aromatic carbocycles. The van der Waals surface area contributed by atoms with Crippen LogP contribution in [-0.4, -0.2) is 44.3 Å². The average molecular weight is 299 g/mol. The summed E-state index contributed by atoms with van der Waals surface area (Å²) in [7, 11) is 0. The first kappa shape index (κ1) is 12.9. The van der Waals surface area contributed by atoms with Gasteiger partial charge in [-0.3, -0.25) is 4.90 Å². The van der Waals surface area contributed by atoms with E-state index in [-0.39, 0.29) is 0 Å². The number of nitrogens with one attached hydrogen (secondary N) is 1. The summed E-state index contributed by atoms with van der Waals surface area (Å²) in [6.07, 6.45) is 0. The van der Waals surface area contributed by atoms with Crippen molar-refractivity contribution in [3.63, 3.8) is 0 Å². The van der Waals surface area contributed by atoms with E-state index in [1.165, 1.54) is 11.3 Å². The molecule has 1 aromatic rings. The minimum absolute atomic E-state index is 0.869. The van der Waals surface area contributed by atoms with Crippen LogP contribution >= 0.6 is 15.9 Å². The van der Waals surface area contributed by atoms with Gasteiger partial charge >= 0.3 is 0 Å². The number of hydrogen-bond donors (Lipinski definition) is 1. The van der Waals surface area contributed by atoms with Crippen LogP contribution in [0.4, 0.5) is 5.69 Å². The molecule has 3 nitrogen and oxygen atoms in total. The van der Waals surface area contributed by atoms with Crippen molar-refractivity contribution in [1.82, 2.24) is 4.90 Å². The lowest BCUT2D eigenvalue weighted by molar-refractivity contribution is 0.0398. The summed E-state index contributed by atoms with van der Waals surface area (Å²) >= 11 is 3.58. The summed E-state index contributed by atoms with van der Waals surface area (Å²) < 4.78 is 6.47. The summed E-state index contributed by atoms with van der Waals surface area (Å²) in [6.45, 7) is 7.99. The van der Waals surface area contributed by atoms with Gasteiger partial charge in [0.15, 0.2) is 0 Å². The molecule has 0 atom stereocenters. The van der Waals surface area contributed by atoms with Crippen LogP contribution in [0.15, 0.2) is 22.7 Å². The number of anilines is 1. The zero-order chi connectivity index (χ0) is 12.1. The summed E-state index contributed by atoms with van der Waals surface area (Å²) in [5.74, 6) is 0. The molecule has 0 bridgehead atoms. The van der Waals surface area contributed by atoms with Crippen LogP contribution in [-0.2, 0) is 4.74 Å². The van der Waals surface area contributed by atoms with Crippen LogP contribution < -0.4 is 5.32 Å². The third-order valence-corrected chi connectivity index (χ3v) is 3.63. The van der Waals surface area contributed by atoms with E-state index in [1.807, 2.05) is 0 Å². The molecular formula is C13H19BrN2O. The van der Waals surface area contributed by atoms with Crippen LogP contribution in [0.5, 0.6) is 0 Å². The molecule has 1 heterocycles. The molecule has 1 aliphatic heterocycles. The molecule has 0 aliphatic carbocycles.